The van der Waals surface area contributed by atoms with Crippen LogP contribution in [0.1, 0.15) is 23.0 Å². The average Bonchev–Trinajstić information content (AvgIpc) is 3.12. The Balaban J connectivity index is 1.96. The molecule has 0 bridgehead atoms. The van der Waals surface area contributed by atoms with Crippen LogP contribution in [-0.2, 0) is 4.79 Å². The van der Waals surface area contributed by atoms with Gasteiger partial charge in [-0.3, -0.25) is 14.6 Å². The normalized spacial score (nSPS) is 13.5. The fraction of sp³-hybridized carbons (Fsp3) is 0.150. The molecule has 0 radical (unpaired) electrons. The lowest BCUT2D eigenvalue weighted by atomic mass is 9.83. The molecular weight excluding hydrogens is 350 g/mol. The number of rotatable bonds is 2. The first-order valence-corrected chi connectivity index (χ1v) is 8.26. The largest absolute Gasteiger partial charge is 0.492 e. The summed E-state index contributed by atoms with van der Waals surface area (Å²) < 4.78 is 22.1. The second kappa shape index (κ2) is 5.44. The van der Waals surface area contributed by atoms with Crippen LogP contribution in [0.15, 0.2) is 30.5 Å². The second-order valence-corrected chi connectivity index (χ2v) is 6.19. The SMILES string of the molecule is COc1c(OC(C)=O)ccc2c1-c1c3c(cc4ccnc(c14)C2=O)OCO3. The minimum atomic E-state index is -0.486. The van der Waals surface area contributed by atoms with E-state index in [1.54, 1.807) is 18.3 Å². The van der Waals surface area contributed by atoms with Crippen LogP contribution in [0.2, 0.25) is 0 Å². The fourth-order valence-corrected chi connectivity index (χ4v) is 3.68. The Hall–Kier alpha value is -3.61. The summed E-state index contributed by atoms with van der Waals surface area (Å²) in [4.78, 5) is 28.9. The van der Waals surface area contributed by atoms with Crippen molar-refractivity contribution in [1.82, 2.24) is 4.98 Å². The third kappa shape index (κ3) is 2.05. The van der Waals surface area contributed by atoms with Crippen LogP contribution in [0.25, 0.3) is 21.9 Å². The van der Waals surface area contributed by atoms with Crippen molar-refractivity contribution in [1.29, 1.82) is 0 Å². The van der Waals surface area contributed by atoms with E-state index in [2.05, 4.69) is 4.98 Å². The zero-order chi connectivity index (χ0) is 18.7. The van der Waals surface area contributed by atoms with E-state index in [9.17, 15) is 9.59 Å². The van der Waals surface area contributed by atoms with Crippen LogP contribution in [-0.4, -0.2) is 30.6 Å². The van der Waals surface area contributed by atoms with Gasteiger partial charge in [-0.25, -0.2) is 0 Å². The van der Waals surface area contributed by atoms with Crippen molar-refractivity contribution in [3.63, 3.8) is 0 Å². The number of carbonyl (C=O) groups is 2. The van der Waals surface area contributed by atoms with Crippen molar-refractivity contribution in [3.8, 4) is 34.1 Å². The van der Waals surface area contributed by atoms with Gasteiger partial charge in [-0.05, 0) is 29.7 Å². The zero-order valence-electron chi connectivity index (χ0n) is 14.5. The number of hydrogen-bond acceptors (Lipinski definition) is 7. The highest BCUT2D eigenvalue weighted by atomic mass is 16.7. The molecule has 0 atom stereocenters. The summed E-state index contributed by atoms with van der Waals surface area (Å²) in [6.45, 7) is 1.38. The molecule has 0 spiro atoms. The van der Waals surface area contributed by atoms with E-state index in [0.29, 0.717) is 39.3 Å². The van der Waals surface area contributed by atoms with Crippen molar-refractivity contribution < 1.29 is 28.5 Å². The first-order chi connectivity index (χ1) is 13.1. The molecule has 7 heteroatoms. The number of carbonyl (C=O) groups excluding carboxylic acids is 2. The zero-order valence-corrected chi connectivity index (χ0v) is 14.5. The van der Waals surface area contributed by atoms with E-state index < -0.39 is 5.97 Å². The molecule has 0 saturated carbocycles. The predicted octanol–water partition coefficient (Wildman–Crippen LogP) is 3.11. The third-order valence-electron chi connectivity index (χ3n) is 4.68. The number of methoxy groups -OCH3 is 1. The highest BCUT2D eigenvalue weighted by Gasteiger charge is 2.36. The van der Waals surface area contributed by atoms with Gasteiger partial charge in [-0.15, -0.1) is 0 Å². The lowest BCUT2D eigenvalue weighted by molar-refractivity contribution is -0.132. The Morgan fingerprint density at radius 1 is 1.19 bits per heavy atom. The molecule has 3 aromatic rings. The van der Waals surface area contributed by atoms with Crippen molar-refractivity contribution in [3.05, 3.63) is 41.7 Å². The van der Waals surface area contributed by atoms with Gasteiger partial charge >= 0.3 is 5.97 Å². The summed E-state index contributed by atoms with van der Waals surface area (Å²) >= 11 is 0. The van der Waals surface area contributed by atoms with E-state index in [0.717, 1.165) is 5.39 Å². The van der Waals surface area contributed by atoms with Gasteiger partial charge in [-0.1, -0.05) is 0 Å². The molecule has 27 heavy (non-hydrogen) atoms. The maximum Gasteiger partial charge on any atom is 0.308 e. The number of esters is 1. The van der Waals surface area contributed by atoms with Crippen LogP contribution in [0.4, 0.5) is 0 Å². The minimum absolute atomic E-state index is 0.0800. The number of hydrogen-bond donors (Lipinski definition) is 0. The van der Waals surface area contributed by atoms with Gasteiger partial charge in [-0.2, -0.15) is 0 Å². The summed E-state index contributed by atoms with van der Waals surface area (Å²) in [5.41, 5.74) is 1.91. The molecule has 0 unspecified atom stereocenters. The molecule has 2 heterocycles. The van der Waals surface area contributed by atoms with Crippen molar-refractivity contribution >= 4 is 22.5 Å². The number of benzene rings is 2. The number of ether oxygens (including phenoxy) is 4. The van der Waals surface area contributed by atoms with Gasteiger partial charge < -0.3 is 18.9 Å². The summed E-state index contributed by atoms with van der Waals surface area (Å²) in [5.74, 6) is 0.901. The monoisotopic (exact) mass is 363 g/mol. The first-order valence-electron chi connectivity index (χ1n) is 8.26. The first kappa shape index (κ1) is 15.6. The van der Waals surface area contributed by atoms with Gasteiger partial charge in [0.25, 0.3) is 0 Å². The standard InChI is InChI=1S/C20H13NO6/c1-9(22)27-12-4-3-11-15(19(12)24-2)16-14-10(5-6-21-17(14)18(11)23)7-13-20(16)26-8-25-13/h3-7H,8H2,1-2H3. The van der Waals surface area contributed by atoms with Crippen molar-refractivity contribution in [2.75, 3.05) is 13.9 Å². The molecule has 1 aliphatic heterocycles. The maximum absolute atomic E-state index is 13.1. The quantitative estimate of drug-likeness (QED) is 0.400. The van der Waals surface area contributed by atoms with Gasteiger partial charge in [0.05, 0.1) is 7.11 Å². The summed E-state index contributed by atoms with van der Waals surface area (Å²) in [6, 6.07) is 6.79. The van der Waals surface area contributed by atoms with Crippen LogP contribution in [0.5, 0.6) is 23.0 Å². The number of nitrogens with zero attached hydrogens (tertiary/aromatic N) is 1. The average molecular weight is 363 g/mol. The van der Waals surface area contributed by atoms with Crippen LogP contribution in [0, 0.1) is 0 Å². The van der Waals surface area contributed by atoms with E-state index in [-0.39, 0.29) is 24.1 Å². The van der Waals surface area contributed by atoms with E-state index in [4.69, 9.17) is 18.9 Å². The lowest BCUT2D eigenvalue weighted by Gasteiger charge is -2.23. The molecule has 134 valence electrons. The lowest BCUT2D eigenvalue weighted by Crippen LogP contribution is -2.14. The Morgan fingerprint density at radius 2 is 2.04 bits per heavy atom. The molecule has 2 aromatic carbocycles. The van der Waals surface area contributed by atoms with Crippen molar-refractivity contribution in [2.45, 2.75) is 6.92 Å². The number of aromatic nitrogens is 1. The summed E-state index contributed by atoms with van der Waals surface area (Å²) in [7, 11) is 1.46. The topological polar surface area (TPSA) is 84.0 Å². The van der Waals surface area contributed by atoms with E-state index >= 15 is 0 Å². The number of pyridine rings is 1. The Bertz CT molecular complexity index is 1170. The molecule has 5 rings (SSSR count). The molecule has 0 saturated heterocycles. The van der Waals surface area contributed by atoms with Crippen LogP contribution < -0.4 is 18.9 Å². The summed E-state index contributed by atoms with van der Waals surface area (Å²) in [6.07, 6.45) is 1.59. The Kier molecular flexibility index (Phi) is 3.15. The molecule has 2 aliphatic rings. The number of ketones is 1. The molecule has 0 fully saturated rings. The van der Waals surface area contributed by atoms with Crippen molar-refractivity contribution in [2.24, 2.45) is 0 Å². The van der Waals surface area contributed by atoms with Gasteiger partial charge in [0.15, 0.2) is 23.0 Å². The Labute approximate surface area is 153 Å². The molecule has 0 N–H and O–H groups in total. The fourth-order valence-electron chi connectivity index (χ4n) is 3.68. The van der Waals surface area contributed by atoms with E-state index in [1.165, 1.54) is 14.0 Å². The predicted molar refractivity (Wildman–Crippen MR) is 94.6 cm³/mol. The highest BCUT2D eigenvalue weighted by molar-refractivity contribution is 6.27. The Morgan fingerprint density at radius 3 is 2.81 bits per heavy atom. The highest BCUT2D eigenvalue weighted by Crippen LogP contribution is 2.54. The van der Waals surface area contributed by atoms with E-state index in [1.807, 2.05) is 12.1 Å². The number of fused-ring (bicyclic) bond motifs is 4. The maximum atomic E-state index is 13.1. The molecular formula is C20H13NO6. The molecule has 7 nitrogen and oxygen atoms in total. The molecule has 1 aromatic heterocycles. The van der Waals surface area contributed by atoms with Gasteiger partial charge in [0.2, 0.25) is 12.6 Å². The van der Waals surface area contributed by atoms with Gasteiger partial charge in [0.1, 0.15) is 5.69 Å². The molecule has 0 amide bonds. The van der Waals surface area contributed by atoms with Crippen LogP contribution >= 0.6 is 0 Å². The van der Waals surface area contributed by atoms with Crippen LogP contribution in [0.3, 0.4) is 0 Å². The van der Waals surface area contributed by atoms with Gasteiger partial charge in [0, 0.05) is 35.2 Å². The molecule has 1 aliphatic carbocycles. The smallest absolute Gasteiger partial charge is 0.308 e. The second-order valence-electron chi connectivity index (χ2n) is 6.19. The summed E-state index contributed by atoms with van der Waals surface area (Å²) in [5, 5.41) is 1.47. The minimum Gasteiger partial charge on any atom is -0.492 e. The third-order valence-corrected chi connectivity index (χ3v) is 4.68.